The van der Waals surface area contributed by atoms with E-state index >= 15 is 0 Å². The van der Waals surface area contributed by atoms with Crippen LogP contribution in [-0.2, 0) is 6.54 Å². The van der Waals surface area contributed by atoms with Crippen molar-refractivity contribution >= 4 is 10.9 Å². The van der Waals surface area contributed by atoms with E-state index in [4.69, 9.17) is 0 Å². The molecule has 2 aromatic rings. The van der Waals surface area contributed by atoms with Crippen molar-refractivity contribution in [3.05, 3.63) is 36.0 Å². The number of hydrogen-bond donors (Lipinski definition) is 0. The van der Waals surface area contributed by atoms with E-state index < -0.39 is 0 Å². The normalized spacial score (nSPS) is 10.8. The van der Waals surface area contributed by atoms with E-state index in [0.29, 0.717) is 0 Å². The minimum Gasteiger partial charge on any atom is -0.345 e. The van der Waals surface area contributed by atoms with Crippen LogP contribution in [0.4, 0.5) is 0 Å². The minimum absolute atomic E-state index is 1.05. The van der Waals surface area contributed by atoms with Crippen molar-refractivity contribution in [2.24, 2.45) is 0 Å². The van der Waals surface area contributed by atoms with E-state index in [2.05, 4.69) is 48.7 Å². The van der Waals surface area contributed by atoms with Gasteiger partial charge in [0.2, 0.25) is 0 Å². The standard InChI is InChI=1S/C11H13N/c1-3-12-9(2)8-10-6-4-5-7-11(10)12/h4-8H,3H2,1-2H3. The van der Waals surface area contributed by atoms with Crippen molar-refractivity contribution < 1.29 is 0 Å². The van der Waals surface area contributed by atoms with Gasteiger partial charge in [0.05, 0.1) is 0 Å². The van der Waals surface area contributed by atoms with Gasteiger partial charge >= 0.3 is 0 Å². The third kappa shape index (κ3) is 0.934. The summed E-state index contributed by atoms with van der Waals surface area (Å²) in [6, 6.07) is 10.7. The maximum atomic E-state index is 2.33. The van der Waals surface area contributed by atoms with Crippen LogP contribution in [0.15, 0.2) is 30.3 Å². The summed E-state index contributed by atoms with van der Waals surface area (Å²) in [5, 5.41) is 1.34. The van der Waals surface area contributed by atoms with E-state index in [1.165, 1.54) is 16.6 Å². The molecule has 0 saturated heterocycles. The van der Waals surface area contributed by atoms with Gasteiger partial charge in [0.15, 0.2) is 0 Å². The number of para-hydroxylation sites is 1. The molecule has 0 saturated carbocycles. The molecule has 1 aromatic heterocycles. The molecule has 0 amide bonds. The lowest BCUT2D eigenvalue weighted by atomic mass is 10.2. The first-order chi connectivity index (χ1) is 5.83. The Bertz CT molecular complexity index is 398. The summed E-state index contributed by atoms with van der Waals surface area (Å²) in [5.74, 6) is 0. The molecule has 0 aliphatic heterocycles. The Morgan fingerprint density at radius 1 is 1.25 bits per heavy atom. The maximum absolute atomic E-state index is 2.33. The van der Waals surface area contributed by atoms with Crippen molar-refractivity contribution in [2.45, 2.75) is 20.4 Å². The smallest absolute Gasteiger partial charge is 0.0482 e. The van der Waals surface area contributed by atoms with Gasteiger partial charge in [0, 0.05) is 17.8 Å². The highest BCUT2D eigenvalue weighted by Crippen LogP contribution is 2.18. The predicted molar refractivity (Wildman–Crippen MR) is 52.3 cm³/mol. The summed E-state index contributed by atoms with van der Waals surface area (Å²) >= 11 is 0. The molecule has 1 nitrogen and oxygen atoms in total. The van der Waals surface area contributed by atoms with Crippen molar-refractivity contribution in [1.82, 2.24) is 4.57 Å². The molecule has 0 atom stereocenters. The second-order valence-corrected chi connectivity index (χ2v) is 3.09. The fourth-order valence-corrected chi connectivity index (χ4v) is 1.77. The Labute approximate surface area is 72.6 Å². The van der Waals surface area contributed by atoms with Crippen LogP contribution in [0.25, 0.3) is 10.9 Å². The Kier molecular flexibility index (Phi) is 1.65. The fraction of sp³-hybridized carbons (Fsp3) is 0.273. The Morgan fingerprint density at radius 2 is 2.00 bits per heavy atom. The summed E-state index contributed by atoms with van der Waals surface area (Å²) in [4.78, 5) is 0. The summed E-state index contributed by atoms with van der Waals surface area (Å²) in [6.07, 6.45) is 0. The number of rotatable bonds is 1. The van der Waals surface area contributed by atoms with Crippen LogP contribution in [0.1, 0.15) is 12.6 Å². The molecule has 0 bridgehead atoms. The van der Waals surface area contributed by atoms with E-state index in [0.717, 1.165) is 6.54 Å². The van der Waals surface area contributed by atoms with Crippen LogP contribution in [-0.4, -0.2) is 4.57 Å². The van der Waals surface area contributed by atoms with Crippen LogP contribution < -0.4 is 0 Å². The number of nitrogens with zero attached hydrogens (tertiary/aromatic N) is 1. The Balaban J connectivity index is 2.81. The summed E-state index contributed by atoms with van der Waals surface area (Å²) in [7, 11) is 0. The molecule has 0 spiro atoms. The van der Waals surface area contributed by atoms with Crippen LogP contribution in [0, 0.1) is 6.92 Å². The van der Waals surface area contributed by atoms with E-state index in [1.807, 2.05) is 0 Å². The van der Waals surface area contributed by atoms with Gasteiger partial charge in [-0.15, -0.1) is 0 Å². The molecule has 1 heteroatoms. The molecule has 0 aliphatic rings. The molecular weight excluding hydrogens is 146 g/mol. The van der Waals surface area contributed by atoms with Crippen molar-refractivity contribution in [2.75, 3.05) is 0 Å². The second-order valence-electron chi connectivity index (χ2n) is 3.09. The largest absolute Gasteiger partial charge is 0.345 e. The maximum Gasteiger partial charge on any atom is 0.0482 e. The van der Waals surface area contributed by atoms with Gasteiger partial charge in [-0.3, -0.25) is 0 Å². The van der Waals surface area contributed by atoms with Gasteiger partial charge in [-0.2, -0.15) is 0 Å². The third-order valence-electron chi connectivity index (χ3n) is 2.33. The van der Waals surface area contributed by atoms with Gasteiger partial charge in [-0.25, -0.2) is 0 Å². The van der Waals surface area contributed by atoms with Gasteiger partial charge < -0.3 is 4.57 Å². The van der Waals surface area contributed by atoms with Crippen LogP contribution in [0.2, 0.25) is 0 Å². The average Bonchev–Trinajstić information content (AvgIpc) is 2.40. The van der Waals surface area contributed by atoms with E-state index in [-0.39, 0.29) is 0 Å². The van der Waals surface area contributed by atoms with Gasteiger partial charge in [-0.05, 0) is 31.4 Å². The monoisotopic (exact) mass is 159 g/mol. The molecule has 0 fully saturated rings. The lowest BCUT2D eigenvalue weighted by Crippen LogP contribution is -1.94. The zero-order chi connectivity index (χ0) is 8.55. The number of hydrogen-bond acceptors (Lipinski definition) is 0. The highest BCUT2D eigenvalue weighted by Gasteiger charge is 2.01. The molecule has 0 unspecified atom stereocenters. The number of benzene rings is 1. The second kappa shape index (κ2) is 2.67. The fourth-order valence-electron chi connectivity index (χ4n) is 1.77. The molecule has 1 aromatic carbocycles. The topological polar surface area (TPSA) is 4.93 Å². The molecular formula is C11H13N. The molecule has 12 heavy (non-hydrogen) atoms. The first kappa shape index (κ1) is 7.41. The lowest BCUT2D eigenvalue weighted by molar-refractivity contribution is 0.770. The molecule has 1 heterocycles. The first-order valence-corrected chi connectivity index (χ1v) is 4.38. The Morgan fingerprint density at radius 3 is 2.75 bits per heavy atom. The summed E-state index contributed by atoms with van der Waals surface area (Å²) in [5.41, 5.74) is 2.69. The molecule has 62 valence electrons. The van der Waals surface area contributed by atoms with Crippen molar-refractivity contribution in [1.29, 1.82) is 0 Å². The van der Waals surface area contributed by atoms with Crippen molar-refractivity contribution in [3.63, 3.8) is 0 Å². The molecule has 0 N–H and O–H groups in total. The van der Waals surface area contributed by atoms with E-state index in [1.54, 1.807) is 0 Å². The highest BCUT2D eigenvalue weighted by molar-refractivity contribution is 5.81. The Hall–Kier alpha value is -1.24. The summed E-state index contributed by atoms with van der Waals surface area (Å²) in [6.45, 7) is 5.39. The predicted octanol–water partition coefficient (Wildman–Crippen LogP) is 2.97. The van der Waals surface area contributed by atoms with Crippen LogP contribution >= 0.6 is 0 Å². The zero-order valence-corrected chi connectivity index (χ0v) is 7.54. The van der Waals surface area contributed by atoms with Crippen LogP contribution in [0.3, 0.4) is 0 Å². The number of aryl methyl sites for hydroxylation is 2. The van der Waals surface area contributed by atoms with Gasteiger partial charge in [0.1, 0.15) is 0 Å². The number of fused-ring (bicyclic) bond motifs is 1. The van der Waals surface area contributed by atoms with Gasteiger partial charge in [0.25, 0.3) is 0 Å². The van der Waals surface area contributed by atoms with Crippen molar-refractivity contribution in [3.8, 4) is 0 Å². The zero-order valence-electron chi connectivity index (χ0n) is 7.54. The highest BCUT2D eigenvalue weighted by atomic mass is 15.0. The average molecular weight is 159 g/mol. The van der Waals surface area contributed by atoms with Gasteiger partial charge in [-0.1, -0.05) is 18.2 Å². The SMILES string of the molecule is CCn1c(C)cc2ccccc21. The number of aromatic nitrogens is 1. The third-order valence-corrected chi connectivity index (χ3v) is 2.33. The summed E-state index contributed by atoms with van der Waals surface area (Å²) < 4.78 is 2.33. The minimum atomic E-state index is 1.05. The first-order valence-electron chi connectivity index (χ1n) is 4.38. The lowest BCUT2D eigenvalue weighted by Gasteiger charge is -2.02. The van der Waals surface area contributed by atoms with Crippen LogP contribution in [0.5, 0.6) is 0 Å². The molecule has 2 rings (SSSR count). The quantitative estimate of drug-likeness (QED) is 0.603. The van der Waals surface area contributed by atoms with E-state index in [9.17, 15) is 0 Å². The molecule has 0 aliphatic carbocycles. The molecule has 0 radical (unpaired) electrons.